The fourth-order valence-corrected chi connectivity index (χ4v) is 3.41. The molecule has 1 aliphatic heterocycles. The number of hydrogen-bond donors (Lipinski definition) is 0. The van der Waals surface area contributed by atoms with Gasteiger partial charge in [0.2, 0.25) is 11.5 Å². The Labute approximate surface area is 182 Å². The Hall–Kier alpha value is -2.80. The van der Waals surface area contributed by atoms with Crippen LogP contribution < -0.4 is 14.2 Å². The number of nitro groups is 1. The molecule has 1 saturated heterocycles. The van der Waals surface area contributed by atoms with E-state index in [0.29, 0.717) is 39.1 Å². The number of amides is 1. The van der Waals surface area contributed by atoms with Crippen molar-refractivity contribution in [3.05, 3.63) is 21.7 Å². The van der Waals surface area contributed by atoms with Crippen molar-refractivity contribution < 1.29 is 41.8 Å². The zero-order chi connectivity index (χ0) is 23.9. The molecule has 0 aliphatic carbocycles. The van der Waals surface area contributed by atoms with Crippen LogP contribution in [-0.4, -0.2) is 94.1 Å². The topological polar surface area (TPSA) is 104 Å². The molecule has 0 atom stereocenters. The van der Waals surface area contributed by atoms with E-state index in [-0.39, 0.29) is 29.4 Å². The van der Waals surface area contributed by atoms with Gasteiger partial charge < -0.3 is 23.8 Å². The van der Waals surface area contributed by atoms with Crippen LogP contribution in [0.1, 0.15) is 16.8 Å². The fraction of sp³-hybridized carbons (Fsp3) is 0.632. The smallest absolute Gasteiger partial charge is 0.411 e. The predicted molar refractivity (Wildman–Crippen MR) is 107 cm³/mol. The van der Waals surface area contributed by atoms with Gasteiger partial charge >= 0.3 is 11.9 Å². The monoisotopic (exact) mass is 465 g/mol. The Bertz CT molecular complexity index is 812. The van der Waals surface area contributed by atoms with Crippen LogP contribution in [0.15, 0.2) is 6.07 Å². The second-order valence-electron chi connectivity index (χ2n) is 6.95. The summed E-state index contributed by atoms with van der Waals surface area (Å²) in [6.07, 6.45) is -3.93. The summed E-state index contributed by atoms with van der Waals surface area (Å²) in [4.78, 5) is 27.6. The third-order valence-corrected chi connectivity index (χ3v) is 4.91. The van der Waals surface area contributed by atoms with E-state index < -0.39 is 29.3 Å². The number of benzene rings is 1. The van der Waals surface area contributed by atoms with Crippen molar-refractivity contribution >= 4 is 11.6 Å². The quantitative estimate of drug-likeness (QED) is 0.295. The highest BCUT2D eigenvalue weighted by Crippen LogP contribution is 2.46. The SMILES string of the molecule is COc1cc(C(=O)N2CCN(CCCOCC(F)(F)F)CC2)c([N+](=O)[O-])c(OC)c1OC. The molecular formula is C19H26F3N3O7. The van der Waals surface area contributed by atoms with Crippen molar-refractivity contribution in [1.29, 1.82) is 0 Å². The molecule has 1 fully saturated rings. The molecule has 0 N–H and O–H groups in total. The number of nitrogens with zero attached hydrogens (tertiary/aromatic N) is 3. The van der Waals surface area contributed by atoms with E-state index in [1.54, 1.807) is 0 Å². The molecular weight excluding hydrogens is 439 g/mol. The summed E-state index contributed by atoms with van der Waals surface area (Å²) in [5.41, 5.74) is -0.696. The van der Waals surface area contributed by atoms with Crippen molar-refractivity contribution in [2.45, 2.75) is 12.6 Å². The van der Waals surface area contributed by atoms with Gasteiger partial charge in [-0.25, -0.2) is 0 Å². The molecule has 10 nitrogen and oxygen atoms in total. The van der Waals surface area contributed by atoms with Crippen molar-refractivity contribution in [2.24, 2.45) is 0 Å². The Balaban J connectivity index is 2.04. The number of ether oxygens (including phenoxy) is 4. The van der Waals surface area contributed by atoms with E-state index in [0.717, 1.165) is 0 Å². The number of nitro benzene ring substituents is 1. The zero-order valence-corrected chi connectivity index (χ0v) is 18.1. The molecule has 0 spiro atoms. The largest absolute Gasteiger partial charge is 0.493 e. The first-order valence-electron chi connectivity index (χ1n) is 9.76. The van der Waals surface area contributed by atoms with Crippen LogP contribution in [0.25, 0.3) is 0 Å². The minimum atomic E-state index is -4.35. The summed E-state index contributed by atoms with van der Waals surface area (Å²) in [7, 11) is 3.88. The van der Waals surface area contributed by atoms with Crippen LogP contribution in [0, 0.1) is 10.1 Å². The van der Waals surface area contributed by atoms with Gasteiger partial charge in [-0.15, -0.1) is 0 Å². The summed E-state index contributed by atoms with van der Waals surface area (Å²) in [5.74, 6) is -0.631. The van der Waals surface area contributed by atoms with Crippen molar-refractivity contribution in [3.8, 4) is 17.2 Å². The molecule has 1 amide bonds. The number of methoxy groups -OCH3 is 3. The summed E-state index contributed by atoms with van der Waals surface area (Å²) in [6, 6.07) is 1.26. The van der Waals surface area contributed by atoms with Crippen LogP contribution >= 0.6 is 0 Å². The summed E-state index contributed by atoms with van der Waals surface area (Å²) < 4.78 is 56.3. The molecule has 13 heteroatoms. The lowest BCUT2D eigenvalue weighted by Crippen LogP contribution is -2.49. The second-order valence-corrected chi connectivity index (χ2v) is 6.95. The maximum Gasteiger partial charge on any atom is 0.411 e. The first-order chi connectivity index (χ1) is 15.1. The molecule has 1 aliphatic rings. The molecule has 1 aromatic rings. The van der Waals surface area contributed by atoms with Gasteiger partial charge in [0.05, 0.1) is 26.3 Å². The van der Waals surface area contributed by atoms with E-state index in [1.807, 2.05) is 4.90 Å². The number of carbonyl (C=O) groups excluding carboxylic acids is 1. The van der Waals surface area contributed by atoms with Crippen LogP contribution in [0.5, 0.6) is 17.2 Å². The lowest BCUT2D eigenvalue weighted by atomic mass is 10.1. The van der Waals surface area contributed by atoms with E-state index >= 15 is 0 Å². The van der Waals surface area contributed by atoms with Gasteiger partial charge in [-0.05, 0) is 6.42 Å². The molecule has 32 heavy (non-hydrogen) atoms. The van der Waals surface area contributed by atoms with Gasteiger partial charge in [0.1, 0.15) is 12.2 Å². The Morgan fingerprint density at radius 1 is 1.09 bits per heavy atom. The molecule has 0 radical (unpaired) electrons. The molecule has 1 aromatic carbocycles. The van der Waals surface area contributed by atoms with Gasteiger partial charge in [0.25, 0.3) is 5.91 Å². The molecule has 2 rings (SSSR count). The average molecular weight is 465 g/mol. The lowest BCUT2D eigenvalue weighted by Gasteiger charge is -2.34. The minimum absolute atomic E-state index is 0.0100. The number of alkyl halides is 3. The molecule has 0 unspecified atom stereocenters. The summed E-state index contributed by atoms with van der Waals surface area (Å²) in [6.45, 7) is 0.780. The predicted octanol–water partition coefficient (Wildman–Crippen LogP) is 2.35. The number of halogens is 3. The lowest BCUT2D eigenvalue weighted by molar-refractivity contribution is -0.386. The number of piperazine rings is 1. The standard InChI is InChI=1S/C19H26F3N3O7/c1-29-14-11-13(15(25(27)28)17(31-3)16(14)30-2)18(26)24-8-6-23(7-9-24)5-4-10-32-12-19(20,21)22/h11H,4-10,12H2,1-3H3. The molecule has 0 aromatic heterocycles. The molecule has 0 bridgehead atoms. The summed E-state index contributed by atoms with van der Waals surface area (Å²) in [5, 5.41) is 11.7. The maximum atomic E-state index is 13.1. The van der Waals surface area contributed by atoms with Crippen molar-refractivity contribution in [2.75, 3.05) is 67.3 Å². The van der Waals surface area contributed by atoms with Gasteiger partial charge in [-0.1, -0.05) is 0 Å². The highest BCUT2D eigenvalue weighted by Gasteiger charge is 2.35. The molecule has 180 valence electrons. The fourth-order valence-electron chi connectivity index (χ4n) is 3.41. The maximum absolute atomic E-state index is 13.1. The molecule has 0 saturated carbocycles. The third kappa shape index (κ3) is 6.36. The van der Waals surface area contributed by atoms with Gasteiger partial charge in [0, 0.05) is 45.4 Å². The van der Waals surface area contributed by atoms with Crippen molar-refractivity contribution in [1.82, 2.24) is 9.80 Å². The highest BCUT2D eigenvalue weighted by molar-refractivity contribution is 6.00. The minimum Gasteiger partial charge on any atom is -0.493 e. The first kappa shape index (κ1) is 25.5. The van der Waals surface area contributed by atoms with Crippen molar-refractivity contribution in [3.63, 3.8) is 0 Å². The van der Waals surface area contributed by atoms with E-state index in [1.165, 1.54) is 32.3 Å². The number of hydrogen-bond acceptors (Lipinski definition) is 8. The molecule has 1 heterocycles. The van der Waals surface area contributed by atoms with Gasteiger partial charge in [0.15, 0.2) is 5.75 Å². The highest BCUT2D eigenvalue weighted by atomic mass is 19.4. The van der Waals surface area contributed by atoms with Crippen LogP contribution in [0.4, 0.5) is 18.9 Å². The van der Waals surface area contributed by atoms with Crippen LogP contribution in [0.3, 0.4) is 0 Å². The average Bonchev–Trinajstić information content (AvgIpc) is 2.76. The van der Waals surface area contributed by atoms with E-state index in [2.05, 4.69) is 4.74 Å². The number of rotatable bonds is 10. The Morgan fingerprint density at radius 2 is 1.72 bits per heavy atom. The Morgan fingerprint density at radius 3 is 2.22 bits per heavy atom. The number of carbonyl (C=O) groups is 1. The second kappa shape index (κ2) is 11.2. The Kier molecular flexibility index (Phi) is 8.89. The van der Waals surface area contributed by atoms with Gasteiger partial charge in [-0.2, -0.15) is 13.2 Å². The third-order valence-electron chi connectivity index (χ3n) is 4.91. The van der Waals surface area contributed by atoms with Gasteiger partial charge in [-0.3, -0.25) is 19.8 Å². The zero-order valence-electron chi connectivity index (χ0n) is 18.1. The van der Waals surface area contributed by atoms with Crippen LogP contribution in [-0.2, 0) is 4.74 Å². The van der Waals surface area contributed by atoms with Crippen LogP contribution in [0.2, 0.25) is 0 Å². The first-order valence-corrected chi connectivity index (χ1v) is 9.76. The van der Waals surface area contributed by atoms with E-state index in [9.17, 15) is 28.1 Å². The normalized spacial score (nSPS) is 14.9. The summed E-state index contributed by atoms with van der Waals surface area (Å²) >= 11 is 0. The van der Waals surface area contributed by atoms with E-state index in [4.69, 9.17) is 14.2 Å².